The number of nitro groups is 1. The van der Waals surface area contributed by atoms with Gasteiger partial charge in [0, 0.05) is 16.1 Å². The van der Waals surface area contributed by atoms with Crippen molar-refractivity contribution in [3.05, 3.63) is 86.1 Å². The van der Waals surface area contributed by atoms with Crippen molar-refractivity contribution in [2.45, 2.75) is 6.92 Å². The van der Waals surface area contributed by atoms with Gasteiger partial charge in [0.25, 0.3) is 11.6 Å². The first-order valence-corrected chi connectivity index (χ1v) is 8.67. The van der Waals surface area contributed by atoms with Gasteiger partial charge in [-0.1, -0.05) is 22.0 Å². The zero-order valence-electron chi connectivity index (χ0n) is 14.2. The van der Waals surface area contributed by atoms with Crippen molar-refractivity contribution >= 4 is 33.7 Å². The van der Waals surface area contributed by atoms with E-state index in [0.29, 0.717) is 22.6 Å². The Morgan fingerprint density at radius 2 is 1.93 bits per heavy atom. The highest BCUT2D eigenvalue weighted by atomic mass is 79.9. The van der Waals surface area contributed by atoms with E-state index in [1.807, 2.05) is 0 Å². The molecule has 0 aliphatic rings. The highest BCUT2D eigenvalue weighted by molar-refractivity contribution is 9.10. The molecule has 0 aliphatic carbocycles. The summed E-state index contributed by atoms with van der Waals surface area (Å²) in [5.74, 6) is 0.345. The molecule has 0 saturated carbocycles. The number of carbonyl (C=O) groups excluding carboxylic acids is 1. The number of rotatable bonds is 5. The lowest BCUT2D eigenvalue weighted by Crippen LogP contribution is -2.17. The number of hydrogen-bond acceptors (Lipinski definition) is 5. The van der Waals surface area contributed by atoms with Crippen LogP contribution in [0.3, 0.4) is 0 Å². The summed E-state index contributed by atoms with van der Waals surface area (Å²) in [6.07, 6.45) is 1.33. The van der Waals surface area contributed by atoms with Crippen molar-refractivity contribution in [1.82, 2.24) is 5.43 Å². The van der Waals surface area contributed by atoms with Gasteiger partial charge in [-0.3, -0.25) is 14.9 Å². The third-order valence-corrected chi connectivity index (χ3v) is 4.24. The molecule has 3 rings (SSSR count). The Bertz CT molecular complexity index is 1030. The molecule has 0 bridgehead atoms. The Labute approximate surface area is 163 Å². The second-order valence-electron chi connectivity index (χ2n) is 5.69. The van der Waals surface area contributed by atoms with Gasteiger partial charge < -0.3 is 4.42 Å². The van der Waals surface area contributed by atoms with Gasteiger partial charge in [-0.15, -0.1) is 0 Å². The van der Waals surface area contributed by atoms with E-state index in [2.05, 4.69) is 26.5 Å². The maximum absolute atomic E-state index is 12.0. The molecule has 1 aromatic heterocycles. The fourth-order valence-electron chi connectivity index (χ4n) is 2.39. The van der Waals surface area contributed by atoms with Crippen molar-refractivity contribution in [2.24, 2.45) is 5.10 Å². The van der Waals surface area contributed by atoms with Gasteiger partial charge in [0.1, 0.15) is 11.5 Å². The molecule has 0 atom stereocenters. The molecule has 0 aliphatic heterocycles. The van der Waals surface area contributed by atoms with Crippen LogP contribution in [-0.2, 0) is 0 Å². The minimum atomic E-state index is -0.447. The largest absolute Gasteiger partial charge is 0.455 e. The lowest BCUT2D eigenvalue weighted by Gasteiger charge is -2.01. The van der Waals surface area contributed by atoms with Gasteiger partial charge in [-0.25, -0.2) is 5.43 Å². The van der Waals surface area contributed by atoms with Gasteiger partial charge in [0.15, 0.2) is 0 Å². The number of nitrogens with zero attached hydrogens (tertiary/aromatic N) is 2. The minimum Gasteiger partial charge on any atom is -0.455 e. The summed E-state index contributed by atoms with van der Waals surface area (Å²) in [5, 5.41) is 15.1. The average Bonchev–Trinajstić information content (AvgIpc) is 3.10. The highest BCUT2D eigenvalue weighted by Crippen LogP contribution is 2.31. The molecule has 0 spiro atoms. The van der Waals surface area contributed by atoms with Crippen LogP contribution in [0.5, 0.6) is 0 Å². The summed E-state index contributed by atoms with van der Waals surface area (Å²) in [4.78, 5) is 22.8. The normalized spacial score (nSPS) is 10.9. The molecule has 1 N–H and O–H groups in total. The minimum absolute atomic E-state index is 0.0311. The van der Waals surface area contributed by atoms with E-state index in [1.165, 1.54) is 12.3 Å². The van der Waals surface area contributed by atoms with Crippen LogP contribution in [0.2, 0.25) is 0 Å². The highest BCUT2D eigenvalue weighted by Gasteiger charge is 2.18. The van der Waals surface area contributed by atoms with Gasteiger partial charge in [-0.2, -0.15) is 5.10 Å². The standard InChI is InChI=1S/C19H14BrN3O4/c1-12-2-8-16(17(10-12)23(25)26)18-9-7-15(27-18)11-21-22-19(24)13-3-5-14(20)6-4-13/h2-11H,1H3,(H,22,24)/b21-11-. The number of benzene rings is 2. The van der Waals surface area contributed by atoms with Crippen LogP contribution in [0.4, 0.5) is 5.69 Å². The van der Waals surface area contributed by atoms with Crippen LogP contribution < -0.4 is 5.43 Å². The fraction of sp³-hybridized carbons (Fsp3) is 0.0526. The SMILES string of the molecule is Cc1ccc(-c2ccc(/C=N\NC(=O)c3ccc(Br)cc3)o2)c([N+](=O)[O-])c1. The number of halogens is 1. The maximum atomic E-state index is 12.0. The summed E-state index contributed by atoms with van der Waals surface area (Å²) in [6.45, 7) is 1.78. The van der Waals surface area contributed by atoms with Crippen molar-refractivity contribution < 1.29 is 14.1 Å². The summed E-state index contributed by atoms with van der Waals surface area (Å²) >= 11 is 3.30. The van der Waals surface area contributed by atoms with Crippen LogP contribution >= 0.6 is 15.9 Å². The summed E-state index contributed by atoms with van der Waals surface area (Å²) in [6, 6.07) is 15.0. The Hall–Kier alpha value is -3.26. The first-order chi connectivity index (χ1) is 12.9. The Morgan fingerprint density at radius 1 is 1.19 bits per heavy atom. The number of hydrogen-bond donors (Lipinski definition) is 1. The van der Waals surface area contributed by atoms with Gasteiger partial charge in [-0.05, 0) is 55.0 Å². The third-order valence-electron chi connectivity index (χ3n) is 3.71. The summed E-state index contributed by atoms with van der Waals surface area (Å²) in [7, 11) is 0. The number of amides is 1. The van der Waals surface area contributed by atoms with E-state index in [-0.39, 0.29) is 11.6 Å². The van der Waals surface area contributed by atoms with Gasteiger partial charge in [0.2, 0.25) is 0 Å². The first kappa shape index (κ1) is 18.5. The number of furan rings is 1. The van der Waals surface area contributed by atoms with Crippen molar-refractivity contribution in [1.29, 1.82) is 0 Å². The van der Waals surface area contributed by atoms with Crippen LogP contribution in [0.25, 0.3) is 11.3 Å². The number of carbonyl (C=O) groups is 1. The predicted octanol–water partition coefficient (Wildman–Crippen LogP) is 4.69. The second kappa shape index (κ2) is 7.96. The Kier molecular flexibility index (Phi) is 5.46. The van der Waals surface area contributed by atoms with Crippen molar-refractivity contribution in [3.63, 3.8) is 0 Å². The molecule has 2 aromatic carbocycles. The lowest BCUT2D eigenvalue weighted by atomic mass is 10.1. The third kappa shape index (κ3) is 4.48. The molecule has 8 heteroatoms. The molecule has 7 nitrogen and oxygen atoms in total. The predicted molar refractivity (Wildman–Crippen MR) is 105 cm³/mol. The smallest absolute Gasteiger partial charge is 0.280 e. The first-order valence-electron chi connectivity index (χ1n) is 7.88. The number of aryl methyl sites for hydroxylation is 1. The molecule has 0 radical (unpaired) electrons. The summed E-state index contributed by atoms with van der Waals surface area (Å²) in [5.41, 5.74) is 4.00. The molecule has 0 unspecified atom stereocenters. The topological polar surface area (TPSA) is 97.7 Å². The molecule has 136 valence electrons. The molecule has 3 aromatic rings. The molecule has 1 heterocycles. The monoisotopic (exact) mass is 427 g/mol. The average molecular weight is 428 g/mol. The van der Waals surface area contributed by atoms with Crippen LogP contribution in [0, 0.1) is 17.0 Å². The quantitative estimate of drug-likeness (QED) is 0.362. The Balaban J connectivity index is 1.73. The zero-order valence-corrected chi connectivity index (χ0v) is 15.8. The van der Waals surface area contributed by atoms with E-state index < -0.39 is 4.92 Å². The molecule has 27 heavy (non-hydrogen) atoms. The van der Waals surface area contributed by atoms with E-state index in [4.69, 9.17) is 4.42 Å². The van der Waals surface area contributed by atoms with Crippen LogP contribution in [-0.4, -0.2) is 17.0 Å². The van der Waals surface area contributed by atoms with Gasteiger partial charge >= 0.3 is 0 Å². The van der Waals surface area contributed by atoms with E-state index in [1.54, 1.807) is 55.5 Å². The van der Waals surface area contributed by atoms with Crippen LogP contribution in [0.1, 0.15) is 21.7 Å². The molecular formula is C19H14BrN3O4. The van der Waals surface area contributed by atoms with Gasteiger partial charge in [0.05, 0.1) is 16.7 Å². The molecule has 0 saturated heterocycles. The van der Waals surface area contributed by atoms with E-state index in [9.17, 15) is 14.9 Å². The van der Waals surface area contributed by atoms with E-state index >= 15 is 0 Å². The maximum Gasteiger partial charge on any atom is 0.280 e. The van der Waals surface area contributed by atoms with Crippen molar-refractivity contribution in [3.8, 4) is 11.3 Å². The van der Waals surface area contributed by atoms with E-state index in [0.717, 1.165) is 10.0 Å². The number of nitro benzene ring substituents is 1. The zero-order chi connectivity index (χ0) is 19.4. The Morgan fingerprint density at radius 3 is 2.63 bits per heavy atom. The molecular weight excluding hydrogens is 414 g/mol. The fourth-order valence-corrected chi connectivity index (χ4v) is 2.65. The second-order valence-corrected chi connectivity index (χ2v) is 6.60. The van der Waals surface area contributed by atoms with Crippen LogP contribution in [0.15, 0.2) is 68.6 Å². The molecule has 0 fully saturated rings. The number of nitrogens with one attached hydrogen (secondary N) is 1. The molecule has 1 amide bonds. The number of hydrazone groups is 1. The van der Waals surface area contributed by atoms with Crippen molar-refractivity contribution in [2.75, 3.05) is 0 Å². The lowest BCUT2D eigenvalue weighted by molar-refractivity contribution is -0.384. The summed E-state index contributed by atoms with van der Waals surface area (Å²) < 4.78 is 6.46.